The van der Waals surface area contributed by atoms with Gasteiger partial charge in [-0.05, 0) is 40.8 Å². The predicted molar refractivity (Wildman–Crippen MR) is 98.5 cm³/mol. The van der Waals surface area contributed by atoms with Crippen LogP contribution in [-0.4, -0.2) is 30.3 Å². The average Bonchev–Trinajstić information content (AvgIpc) is 3.29. The highest BCUT2D eigenvalue weighted by molar-refractivity contribution is 7.98. The van der Waals surface area contributed by atoms with E-state index in [1.165, 1.54) is 11.8 Å². The number of aromatic nitrogens is 6. The van der Waals surface area contributed by atoms with Crippen LogP contribution in [0.5, 0.6) is 0 Å². The minimum atomic E-state index is 0.425. The molecule has 0 amide bonds. The lowest BCUT2D eigenvalue weighted by atomic mass is 10.2. The van der Waals surface area contributed by atoms with E-state index in [1.54, 1.807) is 28.9 Å². The number of rotatable bonds is 5. The summed E-state index contributed by atoms with van der Waals surface area (Å²) in [4.78, 5) is 4.38. The number of tetrazole rings is 1. The van der Waals surface area contributed by atoms with Crippen LogP contribution >= 0.6 is 35.0 Å². The quantitative estimate of drug-likeness (QED) is 0.458. The van der Waals surface area contributed by atoms with Crippen molar-refractivity contribution in [3.05, 3.63) is 64.5 Å². The molecule has 130 valence electrons. The lowest BCUT2D eigenvalue weighted by Gasteiger charge is -2.03. The molecule has 0 saturated heterocycles. The molecule has 0 spiro atoms. The molecule has 0 radical (unpaired) electrons. The Hall–Kier alpha value is -2.42. The Morgan fingerprint density at radius 2 is 1.85 bits per heavy atom. The Morgan fingerprint density at radius 3 is 2.65 bits per heavy atom. The summed E-state index contributed by atoms with van der Waals surface area (Å²) in [6.45, 7) is 0. The summed E-state index contributed by atoms with van der Waals surface area (Å²) in [7, 11) is 0. The topological polar surface area (TPSA) is 82.5 Å². The second-order valence-corrected chi connectivity index (χ2v) is 6.98. The Balaban J connectivity index is 1.50. The minimum Gasteiger partial charge on any atom is -0.338 e. The van der Waals surface area contributed by atoms with E-state index in [0.717, 1.165) is 11.3 Å². The van der Waals surface area contributed by atoms with E-state index in [2.05, 4.69) is 25.7 Å². The number of hydrogen-bond acceptors (Lipinski definition) is 7. The SMILES string of the molecule is Clc1cccc(-c2noc(CSc3nnnn3-c3cccc(Cl)c3)n2)c1. The van der Waals surface area contributed by atoms with Crippen molar-refractivity contribution in [1.82, 2.24) is 30.3 Å². The molecule has 4 aromatic rings. The molecule has 2 aromatic carbocycles. The number of halogens is 2. The Kier molecular flexibility index (Phi) is 4.87. The van der Waals surface area contributed by atoms with Crippen molar-refractivity contribution in [3.8, 4) is 17.1 Å². The van der Waals surface area contributed by atoms with Crippen LogP contribution in [0.15, 0.2) is 58.2 Å². The maximum Gasteiger partial charge on any atom is 0.237 e. The smallest absolute Gasteiger partial charge is 0.237 e. The molecule has 0 unspecified atom stereocenters. The minimum absolute atomic E-state index is 0.425. The largest absolute Gasteiger partial charge is 0.338 e. The van der Waals surface area contributed by atoms with Crippen LogP contribution in [0.1, 0.15) is 5.89 Å². The van der Waals surface area contributed by atoms with Gasteiger partial charge in [0.05, 0.1) is 11.4 Å². The van der Waals surface area contributed by atoms with Crippen LogP contribution in [-0.2, 0) is 5.75 Å². The van der Waals surface area contributed by atoms with Crippen LogP contribution in [0.25, 0.3) is 17.1 Å². The third-order valence-corrected chi connectivity index (χ3v) is 4.74. The molecule has 0 aliphatic heterocycles. The van der Waals surface area contributed by atoms with E-state index in [4.69, 9.17) is 27.7 Å². The van der Waals surface area contributed by atoms with Gasteiger partial charge in [0.1, 0.15) is 0 Å². The summed E-state index contributed by atoms with van der Waals surface area (Å²) in [6, 6.07) is 14.6. The second-order valence-electron chi connectivity index (χ2n) is 5.16. The summed E-state index contributed by atoms with van der Waals surface area (Å²) in [6.07, 6.45) is 0. The van der Waals surface area contributed by atoms with Crippen molar-refractivity contribution >= 4 is 35.0 Å². The predicted octanol–water partition coefficient (Wildman–Crippen LogP) is 4.31. The molecule has 0 saturated carbocycles. The van der Waals surface area contributed by atoms with Gasteiger partial charge in [-0.25, -0.2) is 0 Å². The van der Waals surface area contributed by atoms with Crippen molar-refractivity contribution in [1.29, 1.82) is 0 Å². The summed E-state index contributed by atoms with van der Waals surface area (Å²) in [5.74, 6) is 1.37. The zero-order chi connectivity index (χ0) is 17.9. The van der Waals surface area contributed by atoms with Gasteiger partial charge in [0.15, 0.2) is 0 Å². The molecule has 0 N–H and O–H groups in total. The van der Waals surface area contributed by atoms with Crippen LogP contribution in [0, 0.1) is 0 Å². The van der Waals surface area contributed by atoms with Crippen LogP contribution in [0.2, 0.25) is 10.0 Å². The molecule has 10 heteroatoms. The van der Waals surface area contributed by atoms with Crippen LogP contribution in [0.4, 0.5) is 0 Å². The van der Waals surface area contributed by atoms with Crippen molar-refractivity contribution in [2.75, 3.05) is 0 Å². The molecule has 0 fully saturated rings. The van der Waals surface area contributed by atoms with E-state index < -0.39 is 0 Å². The van der Waals surface area contributed by atoms with Crippen molar-refractivity contribution in [3.63, 3.8) is 0 Å². The lowest BCUT2D eigenvalue weighted by molar-refractivity contribution is 0.391. The average molecular weight is 405 g/mol. The first-order valence-corrected chi connectivity index (χ1v) is 9.19. The fourth-order valence-corrected chi connectivity index (χ4v) is 3.33. The number of hydrogen-bond donors (Lipinski definition) is 0. The normalized spacial score (nSPS) is 11.0. The maximum atomic E-state index is 6.03. The lowest BCUT2D eigenvalue weighted by Crippen LogP contribution is -1.99. The van der Waals surface area contributed by atoms with Gasteiger partial charge in [-0.2, -0.15) is 9.67 Å². The summed E-state index contributed by atoms with van der Waals surface area (Å²) >= 11 is 13.4. The molecule has 2 heterocycles. The highest BCUT2D eigenvalue weighted by Gasteiger charge is 2.13. The summed E-state index contributed by atoms with van der Waals surface area (Å²) in [5.41, 5.74) is 1.57. The highest BCUT2D eigenvalue weighted by Crippen LogP contribution is 2.25. The molecular formula is C16H10Cl2N6OS. The van der Waals surface area contributed by atoms with Crippen molar-refractivity contribution in [2.45, 2.75) is 10.9 Å². The molecule has 4 rings (SSSR count). The van der Waals surface area contributed by atoms with Gasteiger partial charge in [-0.3, -0.25) is 0 Å². The van der Waals surface area contributed by atoms with Crippen LogP contribution in [0.3, 0.4) is 0 Å². The van der Waals surface area contributed by atoms with Gasteiger partial charge < -0.3 is 4.52 Å². The number of thioether (sulfide) groups is 1. The molecule has 0 aliphatic rings. The summed E-state index contributed by atoms with van der Waals surface area (Å²) < 4.78 is 6.90. The van der Waals surface area contributed by atoms with Crippen molar-refractivity contribution < 1.29 is 4.52 Å². The van der Waals surface area contributed by atoms with Gasteiger partial charge in [0, 0.05) is 15.6 Å². The van der Waals surface area contributed by atoms with Gasteiger partial charge in [0.2, 0.25) is 16.9 Å². The highest BCUT2D eigenvalue weighted by atomic mass is 35.5. The van der Waals surface area contributed by atoms with E-state index in [-0.39, 0.29) is 0 Å². The molecule has 0 atom stereocenters. The van der Waals surface area contributed by atoms with E-state index in [1.807, 2.05) is 24.3 Å². The first kappa shape index (κ1) is 17.0. The molecule has 0 bridgehead atoms. The second kappa shape index (κ2) is 7.45. The third-order valence-electron chi connectivity index (χ3n) is 3.37. The molecule has 2 aromatic heterocycles. The van der Waals surface area contributed by atoms with E-state index in [9.17, 15) is 0 Å². The number of benzene rings is 2. The fourth-order valence-electron chi connectivity index (χ4n) is 2.22. The molecule has 26 heavy (non-hydrogen) atoms. The first-order chi connectivity index (χ1) is 12.7. The summed E-state index contributed by atoms with van der Waals surface area (Å²) in [5, 5.41) is 17.5. The zero-order valence-corrected chi connectivity index (χ0v) is 15.4. The van der Waals surface area contributed by atoms with Gasteiger partial charge in [-0.15, -0.1) is 5.10 Å². The standard InChI is InChI=1S/C16H10Cl2N6OS/c17-11-4-1-3-10(7-11)15-19-14(25-21-15)9-26-16-20-22-23-24(16)13-6-2-5-12(18)8-13/h1-8H,9H2. The zero-order valence-electron chi connectivity index (χ0n) is 13.1. The maximum absolute atomic E-state index is 6.03. The number of nitrogens with zero attached hydrogens (tertiary/aromatic N) is 6. The third kappa shape index (κ3) is 3.72. The monoisotopic (exact) mass is 404 g/mol. The fraction of sp³-hybridized carbons (Fsp3) is 0.0625. The molecule has 0 aliphatic carbocycles. The Labute approximate surface area is 162 Å². The van der Waals surface area contributed by atoms with E-state index in [0.29, 0.717) is 32.7 Å². The van der Waals surface area contributed by atoms with Gasteiger partial charge in [0.25, 0.3) is 0 Å². The Morgan fingerprint density at radius 1 is 1.04 bits per heavy atom. The van der Waals surface area contributed by atoms with Gasteiger partial charge in [-0.1, -0.05) is 58.3 Å². The van der Waals surface area contributed by atoms with Gasteiger partial charge >= 0.3 is 0 Å². The van der Waals surface area contributed by atoms with Crippen molar-refractivity contribution in [2.24, 2.45) is 0 Å². The van der Waals surface area contributed by atoms with E-state index >= 15 is 0 Å². The Bertz CT molecular complexity index is 1050. The first-order valence-electron chi connectivity index (χ1n) is 7.45. The molecule has 7 nitrogen and oxygen atoms in total. The van der Waals surface area contributed by atoms with Crippen LogP contribution < -0.4 is 0 Å². The molecular weight excluding hydrogens is 395 g/mol.